The van der Waals surface area contributed by atoms with Crippen molar-refractivity contribution in [3.05, 3.63) is 23.8 Å². The first-order chi connectivity index (χ1) is 9.31. The minimum atomic E-state index is -4.26. The fourth-order valence-electron chi connectivity index (χ4n) is 1.29. The van der Waals surface area contributed by atoms with Gasteiger partial charge in [-0.2, -0.15) is 22.5 Å². The normalized spacial score (nSPS) is 12.1. The predicted molar refractivity (Wildman–Crippen MR) is 65.1 cm³/mol. The van der Waals surface area contributed by atoms with E-state index in [1.807, 2.05) is 0 Å². The second-order valence-electron chi connectivity index (χ2n) is 3.41. The Labute approximate surface area is 114 Å². The van der Waals surface area contributed by atoms with Gasteiger partial charge >= 0.3 is 6.61 Å². The molecule has 20 heavy (non-hydrogen) atoms. The molecular weight excluding hydrogens is 294 g/mol. The highest BCUT2D eigenvalue weighted by Gasteiger charge is 2.23. The molecule has 0 spiro atoms. The molecule has 0 aliphatic rings. The lowest BCUT2D eigenvalue weighted by molar-refractivity contribution is -0.0502. The van der Waals surface area contributed by atoms with E-state index in [4.69, 9.17) is 5.26 Å². The van der Waals surface area contributed by atoms with Gasteiger partial charge in [-0.3, -0.25) is 0 Å². The van der Waals surface area contributed by atoms with Crippen LogP contribution in [0.5, 0.6) is 5.75 Å². The molecule has 0 N–H and O–H groups in total. The summed E-state index contributed by atoms with van der Waals surface area (Å²) in [5.74, 6) is -0.692. The molecule has 9 heteroatoms. The first-order valence-electron chi connectivity index (χ1n) is 5.15. The quantitative estimate of drug-likeness (QED) is 0.626. The molecule has 0 aliphatic carbocycles. The third-order valence-corrected chi connectivity index (χ3v) is 3.53. The number of alkyl halides is 2. The highest BCUT2D eigenvalue weighted by atomic mass is 32.2. The smallest absolute Gasteiger partial charge is 0.387 e. The zero-order valence-corrected chi connectivity index (χ0v) is 11.3. The summed E-state index contributed by atoms with van der Waals surface area (Å²) >= 11 is 0. The molecule has 0 atom stereocenters. The van der Waals surface area contributed by atoms with Crippen molar-refractivity contribution >= 4 is 15.9 Å². The highest BCUT2D eigenvalue weighted by Crippen LogP contribution is 2.27. The molecule has 6 nitrogen and oxygen atoms in total. The summed E-state index contributed by atoms with van der Waals surface area (Å²) in [4.78, 5) is -0.533. The number of methoxy groups -OCH3 is 1. The Morgan fingerprint density at radius 1 is 1.45 bits per heavy atom. The van der Waals surface area contributed by atoms with Crippen LogP contribution in [0.25, 0.3) is 0 Å². The van der Waals surface area contributed by atoms with Crippen LogP contribution in [-0.2, 0) is 14.8 Å². The number of nitrogens with zero attached hydrogens (tertiary/aromatic N) is 2. The van der Waals surface area contributed by atoms with Crippen LogP contribution in [0, 0.1) is 11.3 Å². The molecule has 0 saturated carbocycles. The third kappa shape index (κ3) is 3.64. The van der Waals surface area contributed by atoms with Crippen LogP contribution >= 0.6 is 0 Å². The van der Waals surface area contributed by atoms with E-state index in [9.17, 15) is 17.2 Å². The number of halogens is 2. The van der Waals surface area contributed by atoms with Crippen LogP contribution in [0.4, 0.5) is 8.78 Å². The number of nitriles is 1. The van der Waals surface area contributed by atoms with Crippen LogP contribution in [0.3, 0.4) is 0 Å². The molecule has 0 amide bonds. The lowest BCUT2D eigenvalue weighted by Gasteiger charge is -2.09. The average molecular weight is 304 g/mol. The van der Waals surface area contributed by atoms with Crippen molar-refractivity contribution < 1.29 is 26.7 Å². The minimum absolute atomic E-state index is 0.158. The molecular formula is C11H10F2N2O4S. The van der Waals surface area contributed by atoms with Gasteiger partial charge in [-0.05, 0) is 12.1 Å². The summed E-state index contributed by atoms with van der Waals surface area (Å²) in [7, 11) is -3.04. The summed E-state index contributed by atoms with van der Waals surface area (Å²) in [6, 6.07) is 4.82. The van der Waals surface area contributed by atoms with E-state index >= 15 is 0 Å². The van der Waals surface area contributed by atoms with Crippen molar-refractivity contribution in [2.45, 2.75) is 18.4 Å². The Morgan fingerprint density at radius 3 is 2.60 bits per heavy atom. The zero-order chi connectivity index (χ0) is 15.3. The van der Waals surface area contributed by atoms with Gasteiger partial charge in [0.1, 0.15) is 22.3 Å². The Kier molecular flexibility index (Phi) is 4.99. The number of ether oxygens (including phenoxy) is 2. The van der Waals surface area contributed by atoms with Gasteiger partial charge in [-0.15, -0.1) is 4.40 Å². The molecule has 0 saturated heterocycles. The molecule has 0 aromatic heterocycles. The van der Waals surface area contributed by atoms with Crippen molar-refractivity contribution in [3.8, 4) is 11.8 Å². The van der Waals surface area contributed by atoms with E-state index in [0.29, 0.717) is 0 Å². The summed E-state index contributed by atoms with van der Waals surface area (Å²) in [5.41, 5.74) is -0.541. The van der Waals surface area contributed by atoms with Crippen molar-refractivity contribution in [1.82, 2.24) is 0 Å². The zero-order valence-electron chi connectivity index (χ0n) is 10.5. The second kappa shape index (κ2) is 6.29. The minimum Gasteiger partial charge on any atom is -0.484 e. The van der Waals surface area contributed by atoms with Crippen LogP contribution in [0.15, 0.2) is 27.5 Å². The molecule has 1 rings (SSSR count). The molecule has 0 heterocycles. The molecule has 1 aromatic rings. The van der Waals surface area contributed by atoms with Crippen molar-refractivity contribution in [1.29, 1.82) is 5.26 Å². The molecule has 0 fully saturated rings. The first kappa shape index (κ1) is 15.8. The second-order valence-corrected chi connectivity index (χ2v) is 4.98. The number of hydrogen-bond acceptors (Lipinski definition) is 5. The summed E-state index contributed by atoms with van der Waals surface area (Å²) in [6.45, 7) is -1.88. The molecule has 0 unspecified atom stereocenters. The van der Waals surface area contributed by atoms with Crippen molar-refractivity contribution in [3.63, 3.8) is 0 Å². The van der Waals surface area contributed by atoms with E-state index in [2.05, 4.69) is 13.9 Å². The van der Waals surface area contributed by atoms with Gasteiger partial charge in [0.25, 0.3) is 10.0 Å². The maximum atomic E-state index is 12.2. The van der Waals surface area contributed by atoms with Gasteiger partial charge < -0.3 is 9.47 Å². The lowest BCUT2D eigenvalue weighted by Crippen LogP contribution is -2.08. The van der Waals surface area contributed by atoms with Gasteiger partial charge in [0.2, 0.25) is 0 Å². The first-order valence-corrected chi connectivity index (χ1v) is 6.59. The van der Waals surface area contributed by atoms with Crippen LogP contribution in [0.1, 0.15) is 12.5 Å². The van der Waals surface area contributed by atoms with Crippen LogP contribution in [-0.4, -0.2) is 28.0 Å². The SMILES string of the molecule is COC(C)=NS(=O)(=O)c1cccc(OC(F)F)c1C#N. The van der Waals surface area contributed by atoms with E-state index in [0.717, 1.165) is 12.1 Å². The van der Waals surface area contributed by atoms with E-state index in [1.54, 1.807) is 0 Å². The number of rotatable bonds is 4. The van der Waals surface area contributed by atoms with Gasteiger partial charge in [0.15, 0.2) is 5.90 Å². The Hall–Kier alpha value is -2.21. The molecule has 0 aliphatic heterocycles. The Bertz CT molecular complexity index is 665. The monoisotopic (exact) mass is 304 g/mol. The molecule has 108 valence electrons. The summed E-state index contributed by atoms with van der Waals surface area (Å²) < 4.78 is 60.3. The fraction of sp³-hybridized carbons (Fsp3) is 0.273. The maximum Gasteiger partial charge on any atom is 0.387 e. The van der Waals surface area contributed by atoms with Crippen molar-refractivity contribution in [2.24, 2.45) is 4.40 Å². The standard InChI is InChI=1S/C11H10F2N2O4S/c1-7(18-2)15-20(16,17)10-5-3-4-9(8(10)6-14)19-11(12)13/h3-5,11H,1-2H3. The van der Waals surface area contributed by atoms with E-state index in [1.165, 1.54) is 26.2 Å². The van der Waals surface area contributed by atoms with Crippen LogP contribution < -0.4 is 4.74 Å². The number of hydrogen-bond donors (Lipinski definition) is 0. The van der Waals surface area contributed by atoms with Gasteiger partial charge in [0, 0.05) is 6.92 Å². The summed E-state index contributed by atoms with van der Waals surface area (Å²) in [5, 5.41) is 8.95. The van der Waals surface area contributed by atoms with Crippen LogP contribution in [0.2, 0.25) is 0 Å². The third-order valence-electron chi connectivity index (χ3n) is 2.14. The highest BCUT2D eigenvalue weighted by molar-refractivity contribution is 7.90. The molecule has 0 bridgehead atoms. The molecule has 0 radical (unpaired) electrons. The van der Waals surface area contributed by atoms with Gasteiger partial charge in [-0.1, -0.05) is 6.07 Å². The maximum absolute atomic E-state index is 12.2. The van der Waals surface area contributed by atoms with Gasteiger partial charge in [-0.25, -0.2) is 0 Å². The van der Waals surface area contributed by atoms with E-state index in [-0.39, 0.29) is 5.90 Å². The lowest BCUT2D eigenvalue weighted by atomic mass is 10.2. The number of benzene rings is 1. The fourth-order valence-corrected chi connectivity index (χ4v) is 2.45. The Morgan fingerprint density at radius 2 is 2.10 bits per heavy atom. The van der Waals surface area contributed by atoms with Crippen molar-refractivity contribution in [2.75, 3.05) is 7.11 Å². The van der Waals surface area contributed by atoms with Gasteiger partial charge in [0.05, 0.1) is 7.11 Å². The predicted octanol–water partition coefficient (Wildman–Crippen LogP) is 1.91. The number of sulfonamides is 1. The topological polar surface area (TPSA) is 88.8 Å². The molecule has 1 aromatic carbocycles. The van der Waals surface area contributed by atoms with E-state index < -0.39 is 32.8 Å². The average Bonchev–Trinajstić information content (AvgIpc) is 2.37. The summed E-state index contributed by atoms with van der Waals surface area (Å²) in [6.07, 6.45) is 0. The largest absolute Gasteiger partial charge is 0.484 e. The Balaban J connectivity index is 3.44.